The highest BCUT2D eigenvalue weighted by atomic mass is 32.2. The second kappa shape index (κ2) is 8.95. The summed E-state index contributed by atoms with van der Waals surface area (Å²) in [7, 11) is 0. The van der Waals surface area contributed by atoms with Crippen LogP contribution in [0.2, 0.25) is 0 Å². The Balaban J connectivity index is 1.47. The highest BCUT2D eigenvalue weighted by molar-refractivity contribution is 7.99. The van der Waals surface area contributed by atoms with Gasteiger partial charge in [0.25, 0.3) is 5.56 Å². The number of anilines is 1. The van der Waals surface area contributed by atoms with Gasteiger partial charge < -0.3 is 14.5 Å². The molecule has 33 heavy (non-hydrogen) atoms. The van der Waals surface area contributed by atoms with E-state index in [1.165, 1.54) is 4.57 Å². The van der Waals surface area contributed by atoms with Crippen molar-refractivity contribution in [2.45, 2.75) is 30.6 Å². The second-order valence-electron chi connectivity index (χ2n) is 7.68. The van der Waals surface area contributed by atoms with E-state index in [0.29, 0.717) is 28.2 Å². The van der Waals surface area contributed by atoms with Gasteiger partial charge in [-0.1, -0.05) is 23.9 Å². The van der Waals surface area contributed by atoms with Gasteiger partial charge in [-0.05, 0) is 37.1 Å². The highest BCUT2D eigenvalue weighted by Gasteiger charge is 2.23. The van der Waals surface area contributed by atoms with Gasteiger partial charge in [-0.15, -0.1) is 0 Å². The number of nitrogens with zero attached hydrogens (tertiary/aromatic N) is 2. The SMILES string of the molecule is O=C(CSc1nc2c(oc3ccccc32)c(=O)n1CC1CCCO1)Nc1cc(F)ccc1F. The monoisotopic (exact) mass is 471 g/mol. The van der Waals surface area contributed by atoms with E-state index in [1.807, 2.05) is 12.1 Å². The van der Waals surface area contributed by atoms with Gasteiger partial charge in [0.05, 0.1) is 24.1 Å². The minimum Gasteiger partial charge on any atom is -0.448 e. The van der Waals surface area contributed by atoms with Crippen LogP contribution in [0.4, 0.5) is 14.5 Å². The molecule has 170 valence electrons. The molecule has 4 aromatic rings. The first-order valence-electron chi connectivity index (χ1n) is 10.4. The zero-order valence-corrected chi connectivity index (χ0v) is 18.2. The Morgan fingerprint density at radius 2 is 2.09 bits per heavy atom. The van der Waals surface area contributed by atoms with Crippen molar-refractivity contribution < 1.29 is 22.7 Å². The zero-order valence-electron chi connectivity index (χ0n) is 17.3. The summed E-state index contributed by atoms with van der Waals surface area (Å²) < 4.78 is 40.2. The molecule has 0 bridgehead atoms. The Morgan fingerprint density at radius 1 is 1.24 bits per heavy atom. The number of carbonyl (C=O) groups is 1. The van der Waals surface area contributed by atoms with Crippen LogP contribution in [0.1, 0.15) is 12.8 Å². The van der Waals surface area contributed by atoms with Crippen molar-refractivity contribution in [3.8, 4) is 0 Å². The average Bonchev–Trinajstić information content (AvgIpc) is 3.45. The number of fused-ring (bicyclic) bond motifs is 3. The number of halogens is 2. The van der Waals surface area contributed by atoms with Crippen molar-refractivity contribution in [3.05, 3.63) is 64.5 Å². The lowest BCUT2D eigenvalue weighted by atomic mass is 10.2. The minimum absolute atomic E-state index is 0.138. The maximum absolute atomic E-state index is 13.9. The number of hydrogen-bond acceptors (Lipinski definition) is 6. The van der Waals surface area contributed by atoms with Crippen LogP contribution >= 0.6 is 11.8 Å². The molecule has 0 saturated carbocycles. The normalized spacial score (nSPS) is 16.0. The van der Waals surface area contributed by atoms with Crippen LogP contribution in [-0.2, 0) is 16.1 Å². The standard InChI is InChI=1S/C23H19F2N3O4S/c24-13-7-8-16(25)17(10-13)26-19(29)12-33-23-27-20-15-5-1-2-6-18(15)32-21(20)22(30)28(23)11-14-4-3-9-31-14/h1-2,5-8,10,14H,3-4,9,11-12H2,(H,26,29). The first-order valence-corrected chi connectivity index (χ1v) is 11.4. The summed E-state index contributed by atoms with van der Waals surface area (Å²) in [4.78, 5) is 30.4. The van der Waals surface area contributed by atoms with E-state index in [2.05, 4.69) is 10.3 Å². The maximum atomic E-state index is 13.9. The molecule has 2 aromatic heterocycles. The van der Waals surface area contributed by atoms with Gasteiger partial charge in [-0.2, -0.15) is 0 Å². The fourth-order valence-electron chi connectivity index (χ4n) is 3.83. The zero-order chi connectivity index (χ0) is 22.9. The molecule has 1 fully saturated rings. The second-order valence-corrected chi connectivity index (χ2v) is 8.62. The van der Waals surface area contributed by atoms with Crippen LogP contribution in [0.15, 0.2) is 56.8 Å². The molecule has 1 N–H and O–H groups in total. The van der Waals surface area contributed by atoms with E-state index < -0.39 is 17.5 Å². The number of thioether (sulfide) groups is 1. The van der Waals surface area contributed by atoms with E-state index in [1.54, 1.807) is 12.1 Å². The number of nitrogens with one attached hydrogen (secondary N) is 1. The topological polar surface area (TPSA) is 86.4 Å². The van der Waals surface area contributed by atoms with Gasteiger partial charge in [0.1, 0.15) is 22.7 Å². The average molecular weight is 471 g/mol. The number of furan rings is 1. The number of rotatable bonds is 6. The Hall–Kier alpha value is -3.24. The minimum atomic E-state index is -0.741. The molecule has 0 aliphatic carbocycles. The van der Waals surface area contributed by atoms with Gasteiger partial charge in [-0.25, -0.2) is 13.8 Å². The largest absolute Gasteiger partial charge is 0.448 e. The Labute approximate surface area is 190 Å². The van der Waals surface area contributed by atoms with Crippen molar-refractivity contribution in [3.63, 3.8) is 0 Å². The lowest BCUT2D eigenvalue weighted by Crippen LogP contribution is -2.29. The first kappa shape index (κ1) is 21.6. The summed E-state index contributed by atoms with van der Waals surface area (Å²) in [5.41, 5.74) is 0.498. The molecule has 0 spiro atoms. The molecule has 3 heterocycles. The van der Waals surface area contributed by atoms with Crippen molar-refractivity contribution in [2.24, 2.45) is 0 Å². The molecule has 10 heteroatoms. The van der Waals surface area contributed by atoms with Crippen molar-refractivity contribution >= 4 is 45.4 Å². The third kappa shape index (κ3) is 4.36. The first-order chi connectivity index (χ1) is 16.0. The van der Waals surface area contributed by atoms with Crippen LogP contribution in [0.25, 0.3) is 22.1 Å². The lowest BCUT2D eigenvalue weighted by molar-refractivity contribution is -0.113. The molecule has 1 unspecified atom stereocenters. The fourth-order valence-corrected chi connectivity index (χ4v) is 4.63. The number of aromatic nitrogens is 2. The van der Waals surface area contributed by atoms with E-state index in [9.17, 15) is 18.4 Å². The molecular weight excluding hydrogens is 452 g/mol. The van der Waals surface area contributed by atoms with Crippen LogP contribution in [-0.4, -0.2) is 33.9 Å². The predicted molar refractivity (Wildman–Crippen MR) is 120 cm³/mol. The van der Waals surface area contributed by atoms with Crippen LogP contribution in [0, 0.1) is 11.6 Å². The molecule has 5 rings (SSSR count). The molecule has 1 aliphatic rings. The third-order valence-electron chi connectivity index (χ3n) is 5.39. The van der Waals surface area contributed by atoms with Crippen LogP contribution < -0.4 is 10.9 Å². The molecule has 0 radical (unpaired) electrons. The van der Waals surface area contributed by atoms with E-state index in [0.717, 1.165) is 42.8 Å². The molecule has 7 nitrogen and oxygen atoms in total. The molecule has 1 saturated heterocycles. The predicted octanol–water partition coefficient (Wildman–Crippen LogP) is 4.33. The van der Waals surface area contributed by atoms with E-state index in [-0.39, 0.29) is 35.2 Å². The van der Waals surface area contributed by atoms with Gasteiger partial charge in [-0.3, -0.25) is 14.2 Å². The lowest BCUT2D eigenvalue weighted by Gasteiger charge is -2.15. The van der Waals surface area contributed by atoms with E-state index >= 15 is 0 Å². The molecule has 1 aliphatic heterocycles. The summed E-state index contributed by atoms with van der Waals surface area (Å²) >= 11 is 1.04. The highest BCUT2D eigenvalue weighted by Crippen LogP contribution is 2.28. The Kier molecular flexibility index (Phi) is 5.86. The molecule has 1 amide bonds. The van der Waals surface area contributed by atoms with E-state index in [4.69, 9.17) is 9.15 Å². The Morgan fingerprint density at radius 3 is 2.91 bits per heavy atom. The smallest absolute Gasteiger partial charge is 0.297 e. The number of amides is 1. The van der Waals surface area contributed by atoms with Crippen LogP contribution in [0.3, 0.4) is 0 Å². The maximum Gasteiger partial charge on any atom is 0.297 e. The summed E-state index contributed by atoms with van der Waals surface area (Å²) in [6, 6.07) is 10.0. The number of para-hydroxylation sites is 1. The molecule has 2 aromatic carbocycles. The van der Waals surface area contributed by atoms with Crippen molar-refractivity contribution in [2.75, 3.05) is 17.7 Å². The third-order valence-corrected chi connectivity index (χ3v) is 6.37. The number of ether oxygens (including phenoxy) is 1. The number of carbonyl (C=O) groups excluding carboxylic acids is 1. The van der Waals surface area contributed by atoms with Crippen molar-refractivity contribution in [1.82, 2.24) is 9.55 Å². The fraction of sp³-hybridized carbons (Fsp3) is 0.261. The Bertz CT molecular complexity index is 1410. The molecule has 1 atom stereocenters. The van der Waals surface area contributed by atoms with Crippen LogP contribution in [0.5, 0.6) is 0 Å². The van der Waals surface area contributed by atoms with Crippen molar-refractivity contribution in [1.29, 1.82) is 0 Å². The quantitative estimate of drug-likeness (QED) is 0.333. The summed E-state index contributed by atoms with van der Waals surface area (Å²) in [6.07, 6.45) is 1.58. The summed E-state index contributed by atoms with van der Waals surface area (Å²) in [5.74, 6) is -2.12. The number of hydrogen-bond donors (Lipinski definition) is 1. The summed E-state index contributed by atoms with van der Waals surface area (Å²) in [6.45, 7) is 0.908. The number of benzene rings is 2. The van der Waals surface area contributed by atoms with Gasteiger partial charge in [0.15, 0.2) is 5.16 Å². The van der Waals surface area contributed by atoms with Gasteiger partial charge >= 0.3 is 0 Å². The van der Waals surface area contributed by atoms with Gasteiger partial charge in [0, 0.05) is 18.1 Å². The molecular formula is C23H19F2N3O4S. The summed E-state index contributed by atoms with van der Waals surface area (Å²) in [5, 5.41) is 3.38. The van der Waals surface area contributed by atoms with Gasteiger partial charge in [0.2, 0.25) is 11.5 Å².